The second-order valence-electron chi connectivity index (χ2n) is 15.5. The number of rotatable bonds is 1. The molecule has 0 amide bonds. The van der Waals surface area contributed by atoms with Gasteiger partial charge in [0, 0.05) is 23.2 Å². The van der Waals surface area contributed by atoms with E-state index < -0.39 is 34.4 Å². The van der Waals surface area contributed by atoms with Gasteiger partial charge in [-0.3, -0.25) is 9.59 Å². The Hall–Kier alpha value is -0.940. The number of fused-ring (bicyclic) bond motifs is 7. The van der Waals surface area contributed by atoms with Gasteiger partial charge in [0.2, 0.25) is 0 Å². The molecule has 0 aromatic carbocycles. The predicted molar refractivity (Wildman–Crippen MR) is 135 cm³/mol. The zero-order chi connectivity index (χ0) is 26.0. The molecule has 5 heteroatoms. The summed E-state index contributed by atoms with van der Waals surface area (Å²) >= 11 is 0. The van der Waals surface area contributed by atoms with Gasteiger partial charge in [0.05, 0.1) is 11.5 Å². The van der Waals surface area contributed by atoms with Crippen molar-refractivity contribution in [1.29, 1.82) is 0 Å². The molecule has 198 valence electrons. The van der Waals surface area contributed by atoms with Crippen LogP contribution < -0.4 is 0 Å². The lowest BCUT2D eigenvalue weighted by Crippen LogP contribution is -2.78. The fourth-order valence-electron chi connectivity index (χ4n) is 11.2. The van der Waals surface area contributed by atoms with Crippen LogP contribution >= 0.6 is 0 Å². The Kier molecular flexibility index (Phi) is 5.23. The van der Waals surface area contributed by atoms with Crippen LogP contribution in [0.2, 0.25) is 0 Å². The van der Waals surface area contributed by atoms with Crippen LogP contribution in [0.3, 0.4) is 0 Å². The minimum absolute atomic E-state index is 0.0630. The summed E-state index contributed by atoms with van der Waals surface area (Å²) in [6.45, 7) is 15.5. The topological polar surface area (TPSA) is 94.8 Å². The molecule has 0 spiro atoms. The van der Waals surface area contributed by atoms with E-state index >= 15 is 0 Å². The van der Waals surface area contributed by atoms with Crippen LogP contribution in [0.15, 0.2) is 0 Å². The molecular weight excluding hydrogens is 440 g/mol. The molecule has 35 heavy (non-hydrogen) atoms. The van der Waals surface area contributed by atoms with Gasteiger partial charge in [-0.25, -0.2) is 0 Å². The summed E-state index contributed by atoms with van der Waals surface area (Å²) in [6.07, 6.45) is 6.06. The summed E-state index contributed by atoms with van der Waals surface area (Å²) in [5.74, 6) is -0.438. The first-order chi connectivity index (χ1) is 15.9. The van der Waals surface area contributed by atoms with Crippen molar-refractivity contribution in [3.63, 3.8) is 0 Å². The Morgan fingerprint density at radius 3 is 2.11 bits per heavy atom. The minimum atomic E-state index is -1.43. The smallest absolute Gasteiger partial charge is 0.310 e. The molecule has 0 bridgehead atoms. The molecule has 5 saturated carbocycles. The number of aliphatic hydroxyl groups is 2. The second kappa shape index (κ2) is 7.12. The van der Waals surface area contributed by atoms with Gasteiger partial charge in [0.1, 0.15) is 11.4 Å². The highest BCUT2D eigenvalue weighted by Gasteiger charge is 2.78. The number of carbonyl (C=O) groups excluding carboxylic acids is 1. The van der Waals surface area contributed by atoms with Gasteiger partial charge in [0.15, 0.2) is 0 Å². The molecule has 5 nitrogen and oxygen atoms in total. The van der Waals surface area contributed by atoms with Crippen LogP contribution in [0.4, 0.5) is 0 Å². The predicted octanol–water partition coefficient (Wildman–Crippen LogP) is 5.61. The van der Waals surface area contributed by atoms with Gasteiger partial charge in [-0.15, -0.1) is 0 Å². The van der Waals surface area contributed by atoms with E-state index in [0.29, 0.717) is 44.3 Å². The Morgan fingerprint density at radius 2 is 1.49 bits per heavy atom. The zero-order valence-electron chi connectivity index (χ0n) is 23.0. The number of carboxylic acid groups (broad SMARTS) is 1. The summed E-state index contributed by atoms with van der Waals surface area (Å²) < 4.78 is 0. The molecule has 0 aliphatic heterocycles. The largest absolute Gasteiger partial charge is 0.481 e. The lowest BCUT2D eigenvalue weighted by atomic mass is 9.29. The number of aliphatic carboxylic acids is 1. The van der Waals surface area contributed by atoms with Crippen LogP contribution in [0.5, 0.6) is 0 Å². The van der Waals surface area contributed by atoms with Gasteiger partial charge in [-0.05, 0) is 85.9 Å². The molecule has 0 heterocycles. The molecule has 0 aromatic heterocycles. The summed E-state index contributed by atoms with van der Waals surface area (Å²) in [5.41, 5.74) is -3.72. The van der Waals surface area contributed by atoms with E-state index in [2.05, 4.69) is 48.5 Å². The standard InChI is InChI=1S/C30H48O5/c1-24(2)12-14-29(23(33)34)15-13-28(7)27(6)11-8-18-25(3,4)21(31)9-10-26(18,5)19(27)16-22(32)30(28,35)20(29)17-24/h18-20,22,32,35H,8-17H2,1-7H3,(H,33,34)/t18?,19-,20-,22+,26+,27-,28+,29+,30-/m1/s1. The van der Waals surface area contributed by atoms with E-state index in [0.717, 1.165) is 25.7 Å². The first-order valence-electron chi connectivity index (χ1n) is 14.1. The Bertz CT molecular complexity index is 954. The van der Waals surface area contributed by atoms with Gasteiger partial charge < -0.3 is 15.3 Å². The third-order valence-corrected chi connectivity index (χ3v) is 13.6. The van der Waals surface area contributed by atoms with Crippen molar-refractivity contribution in [3.05, 3.63) is 0 Å². The maximum Gasteiger partial charge on any atom is 0.310 e. The maximum absolute atomic E-state index is 12.9. The minimum Gasteiger partial charge on any atom is -0.481 e. The number of carboxylic acids is 1. The molecule has 1 unspecified atom stereocenters. The molecule has 3 N–H and O–H groups in total. The summed E-state index contributed by atoms with van der Waals surface area (Å²) in [5, 5.41) is 35.3. The van der Waals surface area contributed by atoms with E-state index in [9.17, 15) is 24.9 Å². The van der Waals surface area contributed by atoms with Gasteiger partial charge in [-0.2, -0.15) is 0 Å². The van der Waals surface area contributed by atoms with Crippen LogP contribution in [0.25, 0.3) is 0 Å². The normalized spacial score (nSPS) is 54.6. The van der Waals surface area contributed by atoms with Crippen molar-refractivity contribution < 1.29 is 24.9 Å². The number of Topliss-reactive ketones (excluding diaryl/α,β-unsaturated/α-hetero) is 1. The van der Waals surface area contributed by atoms with E-state index in [4.69, 9.17) is 0 Å². The van der Waals surface area contributed by atoms with Crippen molar-refractivity contribution in [3.8, 4) is 0 Å². The number of aliphatic hydroxyl groups excluding tert-OH is 1. The average Bonchev–Trinajstić information content (AvgIpc) is 2.75. The molecule has 9 atom stereocenters. The van der Waals surface area contributed by atoms with E-state index in [-0.39, 0.29) is 33.5 Å². The summed E-state index contributed by atoms with van der Waals surface area (Å²) in [4.78, 5) is 25.8. The van der Waals surface area contributed by atoms with Gasteiger partial charge in [-0.1, -0.05) is 48.5 Å². The van der Waals surface area contributed by atoms with E-state index in [1.807, 2.05) is 0 Å². The van der Waals surface area contributed by atoms with E-state index in [1.165, 1.54) is 0 Å². The monoisotopic (exact) mass is 488 g/mol. The molecule has 5 aliphatic carbocycles. The Labute approximate surface area is 211 Å². The SMILES string of the molecule is CC1(C)CC[C@]2(C(=O)O)CC[C@]3(C)[C@@](O)([C@@H]2C1)[C@@H](O)C[C@@H]1[C@@]2(C)CCC(=O)C(C)(C)C2CC[C@]13C. The number of ketones is 1. The third-order valence-electron chi connectivity index (χ3n) is 13.6. The Morgan fingerprint density at radius 1 is 0.857 bits per heavy atom. The summed E-state index contributed by atoms with van der Waals surface area (Å²) in [7, 11) is 0. The summed E-state index contributed by atoms with van der Waals surface area (Å²) in [6, 6.07) is 0. The van der Waals surface area contributed by atoms with Crippen LogP contribution in [0, 0.1) is 50.2 Å². The zero-order valence-corrected chi connectivity index (χ0v) is 23.0. The quantitative estimate of drug-likeness (QED) is 0.446. The number of carbonyl (C=O) groups is 2. The first-order valence-corrected chi connectivity index (χ1v) is 14.1. The third kappa shape index (κ3) is 2.84. The van der Waals surface area contributed by atoms with Crippen molar-refractivity contribution in [2.45, 2.75) is 124 Å². The fraction of sp³-hybridized carbons (Fsp3) is 0.933. The number of hydrogen-bond acceptors (Lipinski definition) is 4. The number of hydrogen-bond donors (Lipinski definition) is 3. The highest BCUT2D eigenvalue weighted by atomic mass is 16.4. The lowest BCUT2D eigenvalue weighted by molar-refractivity contribution is -0.339. The fourth-order valence-corrected chi connectivity index (χ4v) is 11.2. The van der Waals surface area contributed by atoms with Crippen molar-refractivity contribution in [1.82, 2.24) is 0 Å². The highest BCUT2D eigenvalue weighted by Crippen LogP contribution is 2.77. The average molecular weight is 489 g/mol. The maximum atomic E-state index is 12.9. The molecule has 5 aliphatic rings. The Balaban J connectivity index is 1.64. The lowest BCUT2D eigenvalue weighted by Gasteiger charge is -2.76. The van der Waals surface area contributed by atoms with E-state index in [1.54, 1.807) is 0 Å². The second-order valence-corrected chi connectivity index (χ2v) is 15.5. The molecule has 0 saturated heterocycles. The molecule has 5 fully saturated rings. The molecule has 5 rings (SSSR count). The van der Waals surface area contributed by atoms with Crippen molar-refractivity contribution >= 4 is 11.8 Å². The van der Waals surface area contributed by atoms with Gasteiger partial charge in [0.25, 0.3) is 0 Å². The highest BCUT2D eigenvalue weighted by molar-refractivity contribution is 5.85. The van der Waals surface area contributed by atoms with Crippen LogP contribution in [-0.2, 0) is 9.59 Å². The van der Waals surface area contributed by atoms with Gasteiger partial charge >= 0.3 is 5.97 Å². The van der Waals surface area contributed by atoms with Crippen LogP contribution in [0.1, 0.15) is 113 Å². The van der Waals surface area contributed by atoms with Crippen LogP contribution in [-0.4, -0.2) is 38.8 Å². The molecular formula is C30H48O5. The molecule has 0 radical (unpaired) electrons. The first kappa shape index (κ1) is 25.7. The van der Waals surface area contributed by atoms with Crippen molar-refractivity contribution in [2.24, 2.45) is 50.2 Å². The van der Waals surface area contributed by atoms with Crippen molar-refractivity contribution in [2.75, 3.05) is 0 Å². The molecule has 0 aromatic rings.